The predicted octanol–water partition coefficient (Wildman–Crippen LogP) is 4.80. The summed E-state index contributed by atoms with van der Waals surface area (Å²) in [5, 5.41) is 9.29. The lowest BCUT2D eigenvalue weighted by molar-refractivity contribution is -0.139. The third-order valence-corrected chi connectivity index (χ3v) is 6.89. The molecule has 0 bridgehead atoms. The molecule has 1 aliphatic heterocycles. The lowest BCUT2D eigenvalue weighted by atomic mass is 10.0. The first-order valence-corrected chi connectivity index (χ1v) is 13.2. The maximum absolute atomic E-state index is 12.2. The van der Waals surface area contributed by atoms with Crippen LogP contribution in [0.5, 0.6) is 11.5 Å². The molecule has 1 unspecified atom stereocenters. The Bertz CT molecular complexity index is 1300. The summed E-state index contributed by atoms with van der Waals surface area (Å²) in [7, 11) is 1.63. The van der Waals surface area contributed by atoms with Crippen LogP contribution in [0.4, 0.5) is 5.69 Å². The molecule has 0 spiro atoms. The van der Waals surface area contributed by atoms with E-state index in [1.165, 1.54) is 25.4 Å². The highest BCUT2D eigenvalue weighted by Gasteiger charge is 2.32. The van der Waals surface area contributed by atoms with Gasteiger partial charge in [0, 0.05) is 11.3 Å². The zero-order chi connectivity index (χ0) is 27.2. The van der Waals surface area contributed by atoms with Gasteiger partial charge in [0.25, 0.3) is 5.91 Å². The molecule has 3 aromatic rings. The summed E-state index contributed by atoms with van der Waals surface area (Å²) in [6.45, 7) is 2.34. The molecule has 1 amide bonds. The normalized spacial score (nSPS) is 19.4. The third-order valence-electron chi connectivity index (χ3n) is 6.89. The monoisotopic (exact) mass is 532 g/mol. The number of benzene rings is 2. The van der Waals surface area contributed by atoms with Gasteiger partial charge in [-0.1, -0.05) is 19.1 Å². The van der Waals surface area contributed by atoms with E-state index in [9.17, 15) is 9.59 Å². The Morgan fingerprint density at radius 3 is 2.62 bits per heavy atom. The molecule has 2 aromatic carbocycles. The van der Waals surface area contributed by atoms with Gasteiger partial charge in [0.05, 0.1) is 31.7 Å². The lowest BCUT2D eigenvalue weighted by Crippen LogP contribution is -2.45. The van der Waals surface area contributed by atoms with E-state index in [0.717, 1.165) is 36.0 Å². The highest BCUT2D eigenvalue weighted by molar-refractivity contribution is 6.04. The lowest BCUT2D eigenvalue weighted by Gasteiger charge is -2.35. The van der Waals surface area contributed by atoms with Gasteiger partial charge in [-0.25, -0.2) is 4.98 Å². The summed E-state index contributed by atoms with van der Waals surface area (Å²) in [5.41, 5.74) is 3.08. The van der Waals surface area contributed by atoms with Crippen LogP contribution in [0.25, 0.3) is 0 Å². The summed E-state index contributed by atoms with van der Waals surface area (Å²) >= 11 is 0. The zero-order valence-electron chi connectivity index (χ0n) is 22.0. The van der Waals surface area contributed by atoms with E-state index >= 15 is 0 Å². The van der Waals surface area contributed by atoms with Crippen molar-refractivity contribution in [2.45, 2.75) is 64.0 Å². The molecule has 2 heterocycles. The SMILES string of the molecule is CC[C@H]1OC(C=O)N(Cc2ccc(NC(=O)c3cnco3)cc2)N=C1c1ccc(OC)c(OC2CCCC2)c1. The van der Waals surface area contributed by atoms with Crippen LogP contribution in [0.3, 0.4) is 0 Å². The maximum atomic E-state index is 12.2. The molecule has 10 nitrogen and oxygen atoms in total. The van der Waals surface area contributed by atoms with E-state index in [4.69, 9.17) is 23.7 Å². The minimum atomic E-state index is -0.822. The number of carbonyl (C=O) groups is 2. The van der Waals surface area contributed by atoms with Crippen molar-refractivity contribution in [3.05, 3.63) is 71.9 Å². The Hall–Kier alpha value is -4.18. The van der Waals surface area contributed by atoms with Crippen LogP contribution in [0, 0.1) is 0 Å². The van der Waals surface area contributed by atoms with Gasteiger partial charge in [0.15, 0.2) is 24.2 Å². The molecule has 1 N–H and O–H groups in total. The fourth-order valence-electron chi connectivity index (χ4n) is 4.84. The number of hydrogen-bond acceptors (Lipinski definition) is 9. The molecule has 0 saturated heterocycles. The number of hydrogen-bond donors (Lipinski definition) is 1. The van der Waals surface area contributed by atoms with Crippen molar-refractivity contribution >= 4 is 23.6 Å². The largest absolute Gasteiger partial charge is 0.493 e. The average Bonchev–Trinajstić information content (AvgIpc) is 3.69. The molecule has 10 heteroatoms. The van der Waals surface area contributed by atoms with E-state index in [1.807, 2.05) is 37.3 Å². The molecule has 1 aliphatic carbocycles. The molecule has 1 aromatic heterocycles. The molecule has 0 radical (unpaired) electrons. The van der Waals surface area contributed by atoms with Crippen LogP contribution < -0.4 is 14.8 Å². The van der Waals surface area contributed by atoms with Crippen LogP contribution in [0.2, 0.25) is 0 Å². The Labute approximate surface area is 226 Å². The van der Waals surface area contributed by atoms with Gasteiger partial charge < -0.3 is 23.9 Å². The number of aldehydes is 1. The minimum absolute atomic E-state index is 0.126. The fraction of sp³-hybridized carbons (Fsp3) is 0.379. The second-order valence-corrected chi connectivity index (χ2v) is 9.55. The number of amides is 1. The second kappa shape index (κ2) is 12.1. The van der Waals surface area contributed by atoms with Crippen LogP contribution in [-0.2, 0) is 16.1 Å². The molecule has 5 rings (SSSR count). The number of aromatic nitrogens is 1. The number of hydrazone groups is 1. The number of carbonyl (C=O) groups excluding carboxylic acids is 2. The number of rotatable bonds is 10. The smallest absolute Gasteiger partial charge is 0.293 e. The molecular weight excluding hydrogens is 500 g/mol. The van der Waals surface area contributed by atoms with Gasteiger partial charge in [-0.2, -0.15) is 5.10 Å². The first-order chi connectivity index (χ1) is 19.1. The van der Waals surface area contributed by atoms with E-state index in [1.54, 1.807) is 24.3 Å². The van der Waals surface area contributed by atoms with Crippen LogP contribution in [-0.4, -0.2) is 53.4 Å². The number of nitrogens with zero attached hydrogens (tertiary/aromatic N) is 3. The van der Waals surface area contributed by atoms with Crippen molar-refractivity contribution in [3.63, 3.8) is 0 Å². The third kappa shape index (κ3) is 6.12. The average molecular weight is 533 g/mol. The number of methoxy groups -OCH3 is 1. The van der Waals surface area contributed by atoms with Crippen molar-refractivity contribution < 1.29 is 28.2 Å². The summed E-state index contributed by atoms with van der Waals surface area (Å²) in [5.74, 6) is 1.10. The highest BCUT2D eigenvalue weighted by atomic mass is 16.5. The van der Waals surface area contributed by atoms with Crippen LogP contribution in [0.15, 0.2) is 64.6 Å². The summed E-state index contributed by atoms with van der Waals surface area (Å²) in [4.78, 5) is 27.9. The Morgan fingerprint density at radius 1 is 1.15 bits per heavy atom. The number of nitrogens with one attached hydrogen (secondary N) is 1. The standard InChI is InChI=1S/C29H32N4O6/c1-3-23-28(20-10-13-24(36-2)25(14-20)38-22-6-4-5-7-22)32-33(27(17-34)39-23)16-19-8-11-21(12-9-19)31-29(35)26-15-30-18-37-26/h8-15,17-18,22-23,27H,3-7,16H2,1-2H3,(H,31,35)/t23-,27?/m1/s1. The van der Waals surface area contributed by atoms with Crippen molar-refractivity contribution in [3.8, 4) is 11.5 Å². The number of anilines is 1. The van der Waals surface area contributed by atoms with Crippen LogP contribution >= 0.6 is 0 Å². The first-order valence-electron chi connectivity index (χ1n) is 13.2. The minimum Gasteiger partial charge on any atom is -0.493 e. The molecule has 39 heavy (non-hydrogen) atoms. The molecule has 2 atom stereocenters. The fourth-order valence-corrected chi connectivity index (χ4v) is 4.84. The van der Waals surface area contributed by atoms with Crippen molar-refractivity contribution in [1.82, 2.24) is 9.99 Å². The predicted molar refractivity (Wildman–Crippen MR) is 144 cm³/mol. The van der Waals surface area contributed by atoms with Gasteiger partial charge >= 0.3 is 0 Å². The van der Waals surface area contributed by atoms with Gasteiger partial charge in [0.1, 0.15) is 6.10 Å². The van der Waals surface area contributed by atoms with E-state index < -0.39 is 6.23 Å². The quantitative estimate of drug-likeness (QED) is 0.371. The van der Waals surface area contributed by atoms with Gasteiger partial charge in [0.2, 0.25) is 12.0 Å². The maximum Gasteiger partial charge on any atom is 0.293 e. The van der Waals surface area contributed by atoms with E-state index in [-0.39, 0.29) is 23.9 Å². The number of oxazole rings is 1. The van der Waals surface area contributed by atoms with Gasteiger partial charge in [-0.15, -0.1) is 0 Å². The summed E-state index contributed by atoms with van der Waals surface area (Å²) in [6.07, 6.45) is 7.39. The second-order valence-electron chi connectivity index (χ2n) is 9.55. The topological polar surface area (TPSA) is 115 Å². The summed E-state index contributed by atoms with van der Waals surface area (Å²) in [6, 6.07) is 13.1. The Kier molecular flexibility index (Phi) is 8.21. The molecule has 1 saturated carbocycles. The van der Waals surface area contributed by atoms with E-state index in [2.05, 4.69) is 10.3 Å². The van der Waals surface area contributed by atoms with Crippen molar-refractivity contribution in [2.75, 3.05) is 12.4 Å². The number of ether oxygens (including phenoxy) is 3. The van der Waals surface area contributed by atoms with Gasteiger partial charge in [-0.3, -0.25) is 14.6 Å². The molecular formula is C29H32N4O6. The molecule has 2 aliphatic rings. The van der Waals surface area contributed by atoms with Crippen LogP contribution in [0.1, 0.15) is 60.7 Å². The van der Waals surface area contributed by atoms with Crippen molar-refractivity contribution in [2.24, 2.45) is 5.10 Å². The first kappa shape index (κ1) is 26.4. The highest BCUT2D eigenvalue weighted by Crippen LogP contribution is 2.34. The van der Waals surface area contributed by atoms with E-state index in [0.29, 0.717) is 30.2 Å². The Balaban J connectivity index is 1.36. The summed E-state index contributed by atoms with van der Waals surface area (Å²) < 4.78 is 23.0. The van der Waals surface area contributed by atoms with Gasteiger partial charge in [-0.05, 0) is 68.0 Å². The molecule has 1 fully saturated rings. The molecule has 204 valence electrons. The van der Waals surface area contributed by atoms with Crippen molar-refractivity contribution in [1.29, 1.82) is 0 Å². The Morgan fingerprint density at radius 2 is 1.95 bits per heavy atom. The zero-order valence-corrected chi connectivity index (χ0v) is 22.0.